The second-order valence-corrected chi connectivity index (χ2v) is 6.70. The number of thiazole rings is 1. The molecule has 0 aliphatic carbocycles. The van der Waals surface area contributed by atoms with E-state index in [0.717, 1.165) is 34.9 Å². The zero-order valence-electron chi connectivity index (χ0n) is 12.8. The largest absolute Gasteiger partial charge is 0.431 e. The Balaban J connectivity index is 2.28. The predicted octanol–water partition coefficient (Wildman–Crippen LogP) is 5.52. The van der Waals surface area contributed by atoms with Crippen LogP contribution >= 0.6 is 34.5 Å². The van der Waals surface area contributed by atoms with Gasteiger partial charge < -0.3 is 10.1 Å². The Kier molecular flexibility index (Phi) is 5.67. The van der Waals surface area contributed by atoms with Gasteiger partial charge in [-0.3, -0.25) is 0 Å². The molecule has 0 amide bonds. The summed E-state index contributed by atoms with van der Waals surface area (Å²) in [4.78, 5) is 8.63. The molecular formula is C15H17Cl2N3OS. The van der Waals surface area contributed by atoms with E-state index in [2.05, 4.69) is 15.3 Å². The first-order valence-electron chi connectivity index (χ1n) is 6.80. The Morgan fingerprint density at radius 2 is 2.05 bits per heavy atom. The highest BCUT2D eigenvalue weighted by atomic mass is 35.5. The third kappa shape index (κ3) is 4.12. The van der Waals surface area contributed by atoms with E-state index in [4.69, 9.17) is 27.9 Å². The van der Waals surface area contributed by atoms with E-state index in [1.54, 1.807) is 0 Å². The first-order chi connectivity index (χ1) is 10.4. The first-order valence-corrected chi connectivity index (χ1v) is 8.38. The maximum absolute atomic E-state index is 5.90. The van der Waals surface area contributed by atoms with Crippen LogP contribution < -0.4 is 10.1 Å². The molecule has 0 saturated heterocycles. The van der Waals surface area contributed by atoms with Crippen LogP contribution in [0.15, 0.2) is 17.1 Å². The number of amidine groups is 1. The monoisotopic (exact) mass is 357 g/mol. The van der Waals surface area contributed by atoms with Crippen molar-refractivity contribution in [2.75, 3.05) is 6.54 Å². The van der Waals surface area contributed by atoms with Crippen molar-refractivity contribution in [3.63, 3.8) is 0 Å². The van der Waals surface area contributed by atoms with E-state index >= 15 is 0 Å². The van der Waals surface area contributed by atoms with E-state index in [-0.39, 0.29) is 5.15 Å². The second kappa shape index (κ2) is 7.31. The molecule has 7 heteroatoms. The molecule has 1 aromatic carbocycles. The van der Waals surface area contributed by atoms with Gasteiger partial charge in [-0.05, 0) is 51.0 Å². The second-order valence-electron chi connectivity index (χ2n) is 4.78. The number of aliphatic imine (C=N–C) groups is 1. The topological polar surface area (TPSA) is 46.5 Å². The molecule has 0 spiro atoms. The van der Waals surface area contributed by atoms with E-state index < -0.39 is 0 Å². The number of benzene rings is 1. The quantitative estimate of drug-likeness (QED) is 0.578. The minimum absolute atomic E-state index is 0.263. The molecule has 0 aliphatic heterocycles. The number of hydrogen-bond acceptors (Lipinski definition) is 4. The Bertz CT molecular complexity index is 694. The van der Waals surface area contributed by atoms with Crippen LogP contribution in [0.3, 0.4) is 0 Å². The summed E-state index contributed by atoms with van der Waals surface area (Å²) >= 11 is 12.9. The Hall–Kier alpha value is -1.30. The zero-order valence-corrected chi connectivity index (χ0v) is 15.2. The van der Waals surface area contributed by atoms with Crippen molar-refractivity contribution in [2.45, 2.75) is 27.7 Å². The van der Waals surface area contributed by atoms with Crippen molar-refractivity contribution in [1.82, 2.24) is 10.3 Å². The van der Waals surface area contributed by atoms with Crippen LogP contribution in [0, 0.1) is 13.8 Å². The number of nitrogens with one attached hydrogen (secondary N) is 1. The highest BCUT2D eigenvalue weighted by Gasteiger charge is 2.12. The van der Waals surface area contributed by atoms with E-state index in [1.165, 1.54) is 11.3 Å². The van der Waals surface area contributed by atoms with E-state index in [1.807, 2.05) is 39.8 Å². The molecule has 0 atom stereocenters. The Labute approximate surface area is 144 Å². The summed E-state index contributed by atoms with van der Waals surface area (Å²) < 4.78 is 6.20. The smallest absolute Gasteiger partial charge is 0.281 e. The lowest BCUT2D eigenvalue weighted by Crippen LogP contribution is -2.18. The molecule has 1 heterocycles. The van der Waals surface area contributed by atoms with Crippen molar-refractivity contribution >= 4 is 46.1 Å². The molecule has 1 aromatic heterocycles. The van der Waals surface area contributed by atoms with E-state index in [0.29, 0.717) is 9.53 Å². The summed E-state index contributed by atoms with van der Waals surface area (Å²) in [6.07, 6.45) is 0. The number of ether oxygens (including phenoxy) is 1. The maximum atomic E-state index is 5.90. The van der Waals surface area contributed by atoms with Crippen molar-refractivity contribution in [3.05, 3.63) is 32.7 Å². The molecule has 0 saturated carbocycles. The van der Waals surface area contributed by atoms with Crippen molar-refractivity contribution in [3.8, 4) is 10.9 Å². The molecule has 4 nitrogen and oxygen atoms in total. The minimum Gasteiger partial charge on any atom is -0.431 e. The van der Waals surface area contributed by atoms with Gasteiger partial charge in [0.2, 0.25) is 0 Å². The molecule has 2 rings (SSSR count). The Morgan fingerprint density at radius 3 is 2.64 bits per heavy atom. The highest BCUT2D eigenvalue weighted by molar-refractivity contribution is 7.18. The normalized spacial score (nSPS) is 11.6. The van der Waals surface area contributed by atoms with Crippen LogP contribution in [0.25, 0.3) is 0 Å². The number of hydrogen-bond donors (Lipinski definition) is 1. The highest BCUT2D eigenvalue weighted by Crippen LogP contribution is 2.37. The third-order valence-corrected chi connectivity index (χ3v) is 4.55. The molecule has 1 N–H and O–H groups in total. The molecule has 22 heavy (non-hydrogen) atoms. The van der Waals surface area contributed by atoms with Gasteiger partial charge in [-0.25, -0.2) is 4.99 Å². The van der Waals surface area contributed by atoms with Crippen LogP contribution in [0.4, 0.5) is 5.69 Å². The van der Waals surface area contributed by atoms with Crippen LogP contribution in [-0.2, 0) is 0 Å². The lowest BCUT2D eigenvalue weighted by Gasteiger charge is -2.10. The summed E-state index contributed by atoms with van der Waals surface area (Å²) in [5.74, 6) is 1.61. The number of halogens is 2. The molecule has 0 unspecified atom stereocenters. The van der Waals surface area contributed by atoms with Crippen LogP contribution in [0.1, 0.15) is 25.0 Å². The van der Waals surface area contributed by atoms with Crippen LogP contribution in [0.5, 0.6) is 10.9 Å². The Morgan fingerprint density at radius 1 is 1.32 bits per heavy atom. The summed E-state index contributed by atoms with van der Waals surface area (Å²) in [7, 11) is 0. The van der Waals surface area contributed by atoms with Crippen LogP contribution in [-0.4, -0.2) is 17.4 Å². The summed E-state index contributed by atoms with van der Waals surface area (Å²) in [6, 6.07) is 3.93. The van der Waals surface area contributed by atoms with Gasteiger partial charge in [0, 0.05) is 6.54 Å². The third-order valence-electron chi connectivity index (χ3n) is 2.94. The molecule has 0 radical (unpaired) electrons. The van der Waals surface area contributed by atoms with E-state index in [9.17, 15) is 0 Å². The minimum atomic E-state index is 0.263. The fourth-order valence-corrected chi connectivity index (χ4v) is 2.92. The first kappa shape index (κ1) is 17.1. The lowest BCUT2D eigenvalue weighted by molar-refractivity contribution is 0.475. The van der Waals surface area contributed by atoms with Crippen molar-refractivity contribution in [1.29, 1.82) is 0 Å². The number of aromatic nitrogens is 1. The molecule has 0 fully saturated rings. The van der Waals surface area contributed by atoms with Gasteiger partial charge >= 0.3 is 0 Å². The zero-order chi connectivity index (χ0) is 16.3. The molecule has 0 aliphatic rings. The fourth-order valence-electron chi connectivity index (χ4n) is 1.88. The maximum Gasteiger partial charge on any atom is 0.281 e. The van der Waals surface area contributed by atoms with Gasteiger partial charge in [0.25, 0.3) is 5.19 Å². The molecular weight excluding hydrogens is 341 g/mol. The van der Waals surface area contributed by atoms with Gasteiger partial charge in [-0.1, -0.05) is 34.5 Å². The average Bonchev–Trinajstić information content (AvgIpc) is 2.74. The number of aryl methyl sites for hydroxylation is 2. The lowest BCUT2D eigenvalue weighted by atomic mass is 10.1. The number of rotatable bonds is 4. The number of nitrogens with zero attached hydrogens (tertiary/aromatic N) is 2. The SMILES string of the molecule is CCNC(C)=Nc1cc(C)c(Oc2nc(Cl)c(Cl)s2)cc1C. The summed E-state index contributed by atoms with van der Waals surface area (Å²) in [6.45, 7) is 8.79. The summed E-state index contributed by atoms with van der Waals surface area (Å²) in [5, 5.41) is 3.88. The standard InChI is InChI=1S/C15H17Cl2N3OS/c1-5-18-10(4)19-11-6-9(3)12(7-8(11)2)21-15-20-13(16)14(17)22-15/h6-7H,5H2,1-4H3,(H,18,19). The van der Waals surface area contributed by atoms with Crippen LogP contribution in [0.2, 0.25) is 9.49 Å². The van der Waals surface area contributed by atoms with Crippen molar-refractivity contribution < 1.29 is 4.74 Å². The molecule has 2 aromatic rings. The van der Waals surface area contributed by atoms with Gasteiger partial charge in [-0.15, -0.1) is 0 Å². The fraction of sp³-hybridized carbons (Fsp3) is 0.333. The van der Waals surface area contributed by atoms with Gasteiger partial charge in [0.05, 0.1) is 11.5 Å². The van der Waals surface area contributed by atoms with Gasteiger partial charge in [0.15, 0.2) is 5.15 Å². The van der Waals surface area contributed by atoms with Crippen molar-refractivity contribution in [2.24, 2.45) is 4.99 Å². The summed E-state index contributed by atoms with van der Waals surface area (Å²) in [5.41, 5.74) is 2.90. The van der Waals surface area contributed by atoms with Gasteiger partial charge in [0.1, 0.15) is 10.1 Å². The molecule has 0 bridgehead atoms. The molecule has 118 valence electrons. The average molecular weight is 358 g/mol. The van der Waals surface area contributed by atoms with Gasteiger partial charge in [-0.2, -0.15) is 4.98 Å². The predicted molar refractivity (Wildman–Crippen MR) is 94.6 cm³/mol.